The number of alkyl halides is 9. The third-order valence-electron chi connectivity index (χ3n) is 11.9. The molecular weight excluding hydrogens is 886 g/mol. The molecule has 3 aromatic carbocycles. The van der Waals surface area contributed by atoms with Crippen LogP contribution in [0, 0.1) is 23.7 Å². The predicted molar refractivity (Wildman–Crippen MR) is 200 cm³/mol. The number of nitrogens with one attached hydrogen (secondary N) is 1. The molecular formula is C41H27Cl2F9N4O6. The van der Waals surface area contributed by atoms with Crippen LogP contribution < -0.4 is 15.1 Å². The number of carbonyl (C=O) groups is 4. The molecule has 21 heteroatoms. The normalized spacial score (nSPS) is 25.1. The number of nitrogens with zero attached hydrogens (tertiary/aromatic N) is 3. The molecule has 1 aromatic heterocycles. The van der Waals surface area contributed by atoms with Gasteiger partial charge in [0.25, 0.3) is 11.8 Å². The zero-order valence-corrected chi connectivity index (χ0v) is 32.8. The van der Waals surface area contributed by atoms with Crippen LogP contribution in [-0.4, -0.2) is 45.8 Å². The van der Waals surface area contributed by atoms with Crippen LogP contribution >= 0.6 is 23.2 Å². The van der Waals surface area contributed by atoms with Gasteiger partial charge < -0.3 is 9.84 Å². The Morgan fingerprint density at radius 1 is 0.806 bits per heavy atom. The van der Waals surface area contributed by atoms with Crippen molar-refractivity contribution in [1.29, 1.82) is 0 Å². The molecule has 4 aromatic rings. The number of halogens is 11. The molecule has 3 heterocycles. The van der Waals surface area contributed by atoms with Crippen molar-refractivity contribution in [1.82, 2.24) is 9.99 Å². The molecule has 2 saturated heterocycles. The Bertz CT molecular complexity index is 2570. The number of hydrogen-bond donors (Lipinski definition) is 2. The molecule has 0 spiro atoms. The Balaban J connectivity index is 1.32. The summed E-state index contributed by atoms with van der Waals surface area (Å²) in [5.41, 5.74) is -5.25. The van der Waals surface area contributed by atoms with Gasteiger partial charge in [-0.1, -0.05) is 53.1 Å². The van der Waals surface area contributed by atoms with Gasteiger partial charge in [0.2, 0.25) is 11.8 Å². The average molecular weight is 914 g/mol. The minimum Gasteiger partial charge on any atom is -0.508 e. The van der Waals surface area contributed by atoms with E-state index in [4.69, 9.17) is 27.9 Å². The van der Waals surface area contributed by atoms with Crippen molar-refractivity contribution in [2.24, 2.45) is 23.7 Å². The maximum Gasteiger partial charge on any atom is 0.417 e. The number of aromatic nitrogens is 1. The number of hydrazine groups is 1. The van der Waals surface area contributed by atoms with Crippen LogP contribution in [0.15, 0.2) is 84.6 Å². The molecule has 4 aliphatic rings. The highest BCUT2D eigenvalue weighted by Gasteiger charge is 2.71. The summed E-state index contributed by atoms with van der Waals surface area (Å²) < 4.78 is 130. The predicted octanol–water partition coefficient (Wildman–Crippen LogP) is 9.35. The molecule has 2 aliphatic carbocycles. The molecule has 2 aliphatic heterocycles. The molecule has 1 saturated carbocycles. The summed E-state index contributed by atoms with van der Waals surface area (Å²) >= 11 is 12.5. The van der Waals surface area contributed by atoms with E-state index in [2.05, 4.69) is 10.4 Å². The molecule has 6 atom stereocenters. The lowest BCUT2D eigenvalue weighted by Crippen LogP contribution is -2.53. The molecule has 10 nitrogen and oxygen atoms in total. The summed E-state index contributed by atoms with van der Waals surface area (Å²) in [6.45, 7) is 0. The summed E-state index contributed by atoms with van der Waals surface area (Å²) in [6, 6.07) is 10.6. The van der Waals surface area contributed by atoms with Crippen molar-refractivity contribution in [2.45, 2.75) is 42.7 Å². The number of phenolic OH excluding ortho intramolecular Hbond substituents is 1. The van der Waals surface area contributed by atoms with E-state index in [0.29, 0.717) is 17.3 Å². The molecule has 3 fully saturated rings. The molecule has 62 heavy (non-hydrogen) atoms. The molecule has 4 amide bonds. The number of ether oxygens (including phenoxy) is 1. The summed E-state index contributed by atoms with van der Waals surface area (Å²) in [7, 11) is 1.24. The average Bonchev–Trinajstić information content (AvgIpc) is 3.58. The minimum absolute atomic E-state index is 0.0241. The largest absolute Gasteiger partial charge is 0.508 e. The standard InChI is InChI=1S/C41H27Cl2F9N4O6/c1-62-29-4-2-3-28(57)31(29)32-23-9-10-24-30(36(60)55(34(24)58)22-12-18(39(44,45)46)11-19(13-22)40(47,48)49)25(23)15-26-35(59)56(37(61)38(26,32)17-5-7-21(42)8-6-17)54-33-27(43)14-20(16-53-33)41(50,51)52/h2-9,11-14,16,24-26,30,32,57H,10,15H2,1H3,(H,53,54)/t24-,25+,26-,30-,32+,38+/m0/s1. The van der Waals surface area contributed by atoms with Crippen molar-refractivity contribution in [3.63, 3.8) is 0 Å². The first-order valence-electron chi connectivity index (χ1n) is 18.4. The number of fused-ring (bicyclic) bond motifs is 4. The van der Waals surface area contributed by atoms with E-state index < -0.39 is 123 Å². The van der Waals surface area contributed by atoms with Gasteiger partial charge in [0, 0.05) is 22.7 Å². The number of pyridine rings is 1. The fourth-order valence-electron chi connectivity index (χ4n) is 9.42. The number of anilines is 2. The maximum absolute atomic E-state index is 15.4. The molecule has 0 radical (unpaired) electrons. The lowest BCUT2D eigenvalue weighted by Gasteiger charge is -2.50. The van der Waals surface area contributed by atoms with Crippen LogP contribution in [0.1, 0.15) is 46.6 Å². The minimum atomic E-state index is -5.32. The van der Waals surface area contributed by atoms with Crippen LogP contribution in [0.5, 0.6) is 11.5 Å². The fraction of sp³-hybridized carbons (Fsp3) is 0.293. The highest BCUT2D eigenvalue weighted by molar-refractivity contribution is 6.33. The SMILES string of the molecule is COc1cccc(O)c1[C@H]1C2=CC[C@@H]3C(=O)N(c4cc(C(F)(F)F)cc(C(F)(F)F)c4)C(=O)[C@@H]3[C@@H]2C[C@H]2C(=O)N(Nc3ncc(C(F)(F)F)cc3Cl)C(=O)[C@@]12c1ccc(Cl)cc1. The Morgan fingerprint density at radius 2 is 1.44 bits per heavy atom. The maximum atomic E-state index is 15.4. The van der Waals surface area contributed by atoms with Crippen molar-refractivity contribution in [3.8, 4) is 11.5 Å². The first kappa shape index (κ1) is 42.9. The van der Waals surface area contributed by atoms with E-state index in [1.165, 1.54) is 55.7 Å². The van der Waals surface area contributed by atoms with E-state index in [1.807, 2.05) is 0 Å². The van der Waals surface area contributed by atoms with Gasteiger partial charge in [-0.05, 0) is 72.9 Å². The van der Waals surface area contributed by atoms with E-state index in [9.17, 15) is 59.0 Å². The number of carbonyl (C=O) groups excluding carboxylic acids is 4. The topological polar surface area (TPSA) is 129 Å². The smallest absolute Gasteiger partial charge is 0.417 e. The van der Waals surface area contributed by atoms with Gasteiger partial charge in [0.05, 0.1) is 57.7 Å². The number of aromatic hydroxyl groups is 1. The van der Waals surface area contributed by atoms with Crippen LogP contribution in [0.2, 0.25) is 10.0 Å². The molecule has 0 bridgehead atoms. The summed E-state index contributed by atoms with van der Waals surface area (Å²) in [5.74, 6) is -12.6. The molecule has 324 valence electrons. The second-order valence-electron chi connectivity index (χ2n) is 15.1. The monoisotopic (exact) mass is 912 g/mol. The van der Waals surface area contributed by atoms with Crippen LogP contribution in [0.3, 0.4) is 0 Å². The zero-order chi connectivity index (χ0) is 45.0. The van der Waals surface area contributed by atoms with Gasteiger partial charge in [0.1, 0.15) is 11.5 Å². The number of rotatable bonds is 6. The number of benzene rings is 3. The Labute approximate surface area is 353 Å². The number of methoxy groups -OCH3 is 1. The van der Waals surface area contributed by atoms with Gasteiger partial charge in [0.15, 0.2) is 5.82 Å². The Kier molecular flexibility index (Phi) is 10.1. The number of hydrogen-bond acceptors (Lipinski definition) is 8. The van der Waals surface area contributed by atoms with Crippen molar-refractivity contribution >= 4 is 58.3 Å². The van der Waals surface area contributed by atoms with Gasteiger partial charge >= 0.3 is 18.5 Å². The summed E-state index contributed by atoms with van der Waals surface area (Å²) in [4.78, 5) is 62.9. The van der Waals surface area contributed by atoms with Crippen LogP contribution in [-0.2, 0) is 43.1 Å². The summed E-state index contributed by atoms with van der Waals surface area (Å²) in [5, 5.41) is 11.7. The van der Waals surface area contributed by atoms with Crippen LogP contribution in [0.4, 0.5) is 51.0 Å². The number of amides is 4. The quantitative estimate of drug-likeness (QED) is 0.111. The first-order chi connectivity index (χ1) is 29.0. The highest BCUT2D eigenvalue weighted by Crippen LogP contribution is 2.66. The molecule has 8 rings (SSSR count). The fourth-order valence-corrected chi connectivity index (χ4v) is 9.75. The number of imide groups is 2. The van der Waals surface area contributed by atoms with Crippen molar-refractivity contribution < 1.29 is 68.5 Å². The van der Waals surface area contributed by atoms with E-state index in [0.717, 1.165) is 0 Å². The third-order valence-corrected chi connectivity index (χ3v) is 12.5. The van der Waals surface area contributed by atoms with Gasteiger partial charge in [-0.25, -0.2) is 9.88 Å². The van der Waals surface area contributed by atoms with Crippen molar-refractivity contribution in [2.75, 3.05) is 17.4 Å². The van der Waals surface area contributed by atoms with Gasteiger partial charge in [-0.3, -0.25) is 24.6 Å². The second-order valence-corrected chi connectivity index (χ2v) is 15.9. The number of phenols is 1. The zero-order valence-electron chi connectivity index (χ0n) is 31.3. The second kappa shape index (κ2) is 14.6. The van der Waals surface area contributed by atoms with Crippen LogP contribution in [0.25, 0.3) is 0 Å². The lowest BCUT2D eigenvalue weighted by molar-refractivity contribution is -0.143. The van der Waals surface area contributed by atoms with E-state index in [-0.39, 0.29) is 57.0 Å². The Hall–Kier alpha value is -5.82. The van der Waals surface area contributed by atoms with Gasteiger partial charge in [-0.2, -0.15) is 44.5 Å². The highest BCUT2D eigenvalue weighted by atomic mass is 35.5. The first-order valence-corrected chi connectivity index (χ1v) is 19.1. The van der Waals surface area contributed by atoms with Gasteiger partial charge in [-0.15, -0.1) is 0 Å². The molecule has 2 N–H and O–H groups in total. The number of allylic oxidation sites excluding steroid dienone is 2. The van der Waals surface area contributed by atoms with Crippen molar-refractivity contribution in [3.05, 3.63) is 122 Å². The molecule has 0 unspecified atom stereocenters. The Morgan fingerprint density at radius 3 is 2.02 bits per heavy atom. The van der Waals surface area contributed by atoms with E-state index in [1.54, 1.807) is 0 Å². The summed E-state index contributed by atoms with van der Waals surface area (Å²) in [6.07, 6.45) is -14.4. The lowest BCUT2D eigenvalue weighted by atomic mass is 9.49. The van der Waals surface area contributed by atoms with E-state index >= 15 is 4.79 Å². The third kappa shape index (κ3) is 6.62.